The van der Waals surface area contributed by atoms with Gasteiger partial charge in [0.05, 0.1) is 5.70 Å². The van der Waals surface area contributed by atoms with Gasteiger partial charge in [0.15, 0.2) is 0 Å². The van der Waals surface area contributed by atoms with Crippen molar-refractivity contribution in [2.75, 3.05) is 19.6 Å². The minimum Gasteiger partial charge on any atom is -0.383 e. The molecule has 1 saturated heterocycles. The molecule has 0 spiro atoms. The van der Waals surface area contributed by atoms with Crippen molar-refractivity contribution in [1.82, 2.24) is 10.2 Å². The molecule has 44 heavy (non-hydrogen) atoms. The Labute approximate surface area is 277 Å². The molecule has 2 aromatic carbocycles. The zero-order chi connectivity index (χ0) is 33.9. The fraction of sp³-hybridized carbons (Fsp3) is 0.513. The fourth-order valence-corrected chi connectivity index (χ4v) is 4.18. The molecule has 1 unspecified atom stereocenters. The van der Waals surface area contributed by atoms with Crippen molar-refractivity contribution in [2.24, 2.45) is 16.8 Å². The Bertz CT molecular complexity index is 1030. The second kappa shape index (κ2) is 27.7. The van der Waals surface area contributed by atoms with Gasteiger partial charge in [0.1, 0.15) is 5.82 Å². The first-order valence-electron chi connectivity index (χ1n) is 16.5. The number of likely N-dealkylation sites (tertiary alicyclic amines) is 1. The Hall–Kier alpha value is -2.79. The molecule has 0 amide bonds. The van der Waals surface area contributed by atoms with E-state index in [-0.39, 0.29) is 5.82 Å². The maximum Gasteiger partial charge on any atom is 0.132 e. The molecule has 2 aromatic rings. The van der Waals surface area contributed by atoms with Crippen LogP contribution in [-0.4, -0.2) is 31.3 Å². The van der Waals surface area contributed by atoms with Crippen LogP contribution in [0.3, 0.4) is 0 Å². The lowest BCUT2D eigenvalue weighted by Crippen LogP contribution is -2.29. The van der Waals surface area contributed by atoms with Gasteiger partial charge in [-0.3, -0.25) is 4.99 Å². The zero-order valence-electron chi connectivity index (χ0n) is 29.6. The standard InChI is InChI=1S/C14H19FN2.C13H23N.C7H8S.C3H8.C2H6/c1-10(2)8-17-14(9-16-4)12-6-5-11(3)7-13(12)15;1-4-13(5-2)11-12(3)14-9-7-6-8-10-14;1-6-2-4-7(8)5-3-6;1-3-2;1-2/h5-7,9-10,17H,4,8H2,1-3H3;4,13H,1,3,5-11H2,2H3;2-5,8H,1H3;3H2,1-2H3;1-2H3/b14-9-;;;;. The van der Waals surface area contributed by atoms with Crippen LogP contribution >= 0.6 is 12.6 Å². The highest BCUT2D eigenvalue weighted by atomic mass is 32.1. The van der Waals surface area contributed by atoms with Crippen LogP contribution in [0.25, 0.3) is 5.70 Å². The number of halogens is 1. The van der Waals surface area contributed by atoms with E-state index in [9.17, 15) is 4.39 Å². The number of benzene rings is 2. The third-order valence-electron chi connectivity index (χ3n) is 6.53. The third-order valence-corrected chi connectivity index (χ3v) is 6.83. The molecule has 248 valence electrons. The third kappa shape index (κ3) is 21.0. The van der Waals surface area contributed by atoms with E-state index in [1.807, 2.05) is 51.1 Å². The average molecular weight is 626 g/mol. The van der Waals surface area contributed by atoms with Gasteiger partial charge in [-0.25, -0.2) is 4.39 Å². The number of aryl methyl sites for hydroxylation is 2. The normalized spacial score (nSPS) is 12.8. The monoisotopic (exact) mass is 625 g/mol. The van der Waals surface area contributed by atoms with E-state index in [0.717, 1.165) is 23.4 Å². The summed E-state index contributed by atoms with van der Waals surface area (Å²) in [5, 5.41) is 3.18. The maximum atomic E-state index is 13.8. The molecule has 0 aliphatic carbocycles. The van der Waals surface area contributed by atoms with E-state index in [0.29, 0.717) is 23.1 Å². The van der Waals surface area contributed by atoms with Crippen molar-refractivity contribution < 1.29 is 4.39 Å². The van der Waals surface area contributed by atoms with Gasteiger partial charge < -0.3 is 10.2 Å². The molecule has 1 N–H and O–H groups in total. The molecule has 5 heteroatoms. The summed E-state index contributed by atoms with van der Waals surface area (Å²) < 4.78 is 13.8. The minimum atomic E-state index is -0.240. The molecule has 1 fully saturated rings. The highest BCUT2D eigenvalue weighted by molar-refractivity contribution is 7.80. The summed E-state index contributed by atoms with van der Waals surface area (Å²) in [6.45, 7) is 33.3. The Balaban J connectivity index is 0. The fourth-order valence-electron chi connectivity index (χ4n) is 4.04. The molecular formula is C39H64FN3S. The number of nitrogens with zero attached hydrogens (tertiary/aromatic N) is 2. The summed E-state index contributed by atoms with van der Waals surface area (Å²) in [5.41, 5.74) is 4.70. The molecule has 3 nitrogen and oxygen atoms in total. The summed E-state index contributed by atoms with van der Waals surface area (Å²) in [4.78, 5) is 7.19. The van der Waals surface area contributed by atoms with Crippen LogP contribution in [0.5, 0.6) is 0 Å². The van der Waals surface area contributed by atoms with E-state index in [1.54, 1.807) is 12.3 Å². The quantitative estimate of drug-likeness (QED) is 0.156. The number of rotatable bonds is 10. The van der Waals surface area contributed by atoms with Gasteiger partial charge in [0.2, 0.25) is 0 Å². The summed E-state index contributed by atoms with van der Waals surface area (Å²) >= 11 is 4.13. The maximum absolute atomic E-state index is 13.8. The van der Waals surface area contributed by atoms with Gasteiger partial charge in [-0.05, 0) is 94.3 Å². The first-order valence-corrected chi connectivity index (χ1v) is 16.9. The molecule has 0 saturated carbocycles. The summed E-state index contributed by atoms with van der Waals surface area (Å²) in [7, 11) is 0. The number of aliphatic imine (C=N–C) groups is 1. The van der Waals surface area contributed by atoms with E-state index >= 15 is 0 Å². The number of thiol groups is 1. The van der Waals surface area contributed by atoms with Crippen LogP contribution in [0.2, 0.25) is 0 Å². The SMILES string of the molecule is C=CC(CC)CC(=C)N1CCCCC1.C=N/C=C(\NCC(C)C)c1ccc(C)cc1F.CC.CCC.Cc1ccc(S)cc1. The summed E-state index contributed by atoms with van der Waals surface area (Å²) in [5.74, 6) is 0.859. The van der Waals surface area contributed by atoms with Gasteiger partial charge in [0.25, 0.3) is 0 Å². The largest absolute Gasteiger partial charge is 0.383 e. The highest BCUT2D eigenvalue weighted by Crippen LogP contribution is 2.21. The first kappa shape index (κ1) is 43.3. The molecule has 3 rings (SSSR count). The van der Waals surface area contributed by atoms with E-state index in [2.05, 4.69) is 95.3 Å². The lowest BCUT2D eigenvalue weighted by molar-refractivity contribution is 0.271. The summed E-state index contributed by atoms with van der Waals surface area (Å²) in [6, 6.07) is 13.2. The van der Waals surface area contributed by atoms with Crippen LogP contribution in [0, 0.1) is 31.5 Å². The van der Waals surface area contributed by atoms with Crippen molar-refractivity contribution in [2.45, 2.75) is 106 Å². The molecule has 1 heterocycles. The van der Waals surface area contributed by atoms with Crippen LogP contribution in [0.4, 0.5) is 4.39 Å². The predicted octanol–water partition coefficient (Wildman–Crippen LogP) is 11.7. The Morgan fingerprint density at radius 3 is 1.98 bits per heavy atom. The number of nitrogens with one attached hydrogen (secondary N) is 1. The van der Waals surface area contributed by atoms with Crippen molar-refractivity contribution in [3.63, 3.8) is 0 Å². The molecule has 1 aliphatic heterocycles. The number of piperidine rings is 1. The van der Waals surface area contributed by atoms with Gasteiger partial charge in [-0.1, -0.05) is 91.3 Å². The first-order chi connectivity index (χ1) is 21.0. The zero-order valence-corrected chi connectivity index (χ0v) is 30.5. The lowest BCUT2D eigenvalue weighted by Gasteiger charge is -2.31. The second-order valence-corrected chi connectivity index (χ2v) is 11.8. The van der Waals surface area contributed by atoms with Gasteiger partial charge in [-0.15, -0.1) is 19.2 Å². The van der Waals surface area contributed by atoms with E-state index < -0.39 is 0 Å². The van der Waals surface area contributed by atoms with Crippen molar-refractivity contribution in [3.05, 3.63) is 96.1 Å². The van der Waals surface area contributed by atoms with Gasteiger partial charge >= 0.3 is 0 Å². The molecule has 1 aliphatic rings. The lowest BCUT2D eigenvalue weighted by atomic mass is 9.99. The molecular weight excluding hydrogens is 562 g/mol. The number of hydrogen-bond donors (Lipinski definition) is 2. The molecule has 0 bridgehead atoms. The van der Waals surface area contributed by atoms with Gasteiger partial charge in [-0.2, -0.15) is 0 Å². The minimum absolute atomic E-state index is 0.240. The predicted molar refractivity (Wildman–Crippen MR) is 200 cm³/mol. The number of allylic oxidation sites excluding steroid dienone is 2. The van der Waals surface area contributed by atoms with E-state index in [4.69, 9.17) is 0 Å². The van der Waals surface area contributed by atoms with Crippen LogP contribution in [0.1, 0.15) is 104 Å². The highest BCUT2D eigenvalue weighted by Gasteiger charge is 2.13. The van der Waals surface area contributed by atoms with Crippen molar-refractivity contribution in [3.8, 4) is 0 Å². The van der Waals surface area contributed by atoms with E-state index in [1.165, 1.54) is 62.5 Å². The van der Waals surface area contributed by atoms with Crippen LogP contribution in [-0.2, 0) is 0 Å². The van der Waals surface area contributed by atoms with Crippen LogP contribution in [0.15, 0.2) is 83.5 Å². The molecule has 0 radical (unpaired) electrons. The Kier molecular flexibility index (Phi) is 27.3. The van der Waals surface area contributed by atoms with Crippen molar-refractivity contribution in [1.29, 1.82) is 0 Å². The number of hydrogen-bond acceptors (Lipinski definition) is 4. The van der Waals surface area contributed by atoms with Crippen LogP contribution < -0.4 is 5.32 Å². The Morgan fingerprint density at radius 1 is 1.00 bits per heavy atom. The topological polar surface area (TPSA) is 27.6 Å². The molecule has 0 aromatic heterocycles. The van der Waals surface area contributed by atoms with Gasteiger partial charge in [0, 0.05) is 42.0 Å². The second-order valence-electron chi connectivity index (χ2n) is 11.2. The van der Waals surface area contributed by atoms with Crippen molar-refractivity contribution >= 4 is 25.0 Å². The molecule has 1 atom stereocenters. The smallest absolute Gasteiger partial charge is 0.132 e. The average Bonchev–Trinajstić information content (AvgIpc) is 3.02. The Morgan fingerprint density at radius 2 is 1.55 bits per heavy atom. The summed E-state index contributed by atoms with van der Waals surface area (Å²) in [6.07, 6.45) is 11.2.